The van der Waals surface area contributed by atoms with E-state index in [4.69, 9.17) is 27.3 Å². The van der Waals surface area contributed by atoms with Crippen molar-refractivity contribution in [3.05, 3.63) is 65.5 Å². The summed E-state index contributed by atoms with van der Waals surface area (Å²) in [6.45, 7) is 1.83. The smallest absolute Gasteiger partial charge is 0.229 e. The number of fused-ring (bicyclic) bond motifs is 2. The standard InChI is InChI=1S/C23H21ClFN9/c24-13-4-5-17-18(8-13)30-19(29-17)10-27-21-20-22(32-23(31-21)33-7-6-15(26)11-33)34(12-28-20)16-3-1-2-14(25)9-16/h1-5,8-9,12,15H,6-7,10-11,26H2,(H,29,30)(H,27,31,32)/t15-/m0/s1. The Bertz CT molecular complexity index is 1510. The van der Waals surface area contributed by atoms with Crippen LogP contribution < -0.4 is 16.0 Å². The Morgan fingerprint density at radius 3 is 2.91 bits per heavy atom. The van der Waals surface area contributed by atoms with Crippen molar-refractivity contribution in [2.24, 2.45) is 5.73 Å². The summed E-state index contributed by atoms with van der Waals surface area (Å²) in [4.78, 5) is 24.0. The molecule has 0 radical (unpaired) electrons. The molecule has 172 valence electrons. The quantitative estimate of drug-likeness (QED) is 0.354. The molecule has 0 amide bonds. The highest BCUT2D eigenvalue weighted by atomic mass is 35.5. The van der Waals surface area contributed by atoms with Gasteiger partial charge in [0.05, 0.1) is 23.3 Å². The van der Waals surface area contributed by atoms with E-state index >= 15 is 0 Å². The van der Waals surface area contributed by atoms with E-state index in [1.165, 1.54) is 12.1 Å². The molecule has 4 heterocycles. The number of benzene rings is 2. The predicted molar refractivity (Wildman–Crippen MR) is 130 cm³/mol. The second-order valence-corrected chi connectivity index (χ2v) is 8.77. The van der Waals surface area contributed by atoms with Gasteiger partial charge in [-0.2, -0.15) is 9.97 Å². The molecule has 0 saturated carbocycles. The first-order chi connectivity index (χ1) is 16.5. The van der Waals surface area contributed by atoms with Gasteiger partial charge >= 0.3 is 0 Å². The Morgan fingerprint density at radius 1 is 1.18 bits per heavy atom. The van der Waals surface area contributed by atoms with Crippen LogP contribution >= 0.6 is 11.6 Å². The molecule has 11 heteroatoms. The van der Waals surface area contributed by atoms with Crippen LogP contribution in [0.25, 0.3) is 27.9 Å². The van der Waals surface area contributed by atoms with Crippen molar-refractivity contribution in [2.75, 3.05) is 23.3 Å². The lowest BCUT2D eigenvalue weighted by atomic mass is 10.3. The van der Waals surface area contributed by atoms with Gasteiger partial charge in [0.1, 0.15) is 18.0 Å². The number of nitrogens with two attached hydrogens (primary N) is 1. The van der Waals surface area contributed by atoms with E-state index in [-0.39, 0.29) is 11.9 Å². The number of halogens is 2. The first-order valence-electron chi connectivity index (χ1n) is 10.9. The maximum absolute atomic E-state index is 13.9. The number of nitrogens with zero attached hydrogens (tertiary/aromatic N) is 6. The van der Waals surface area contributed by atoms with Crippen LogP contribution in [-0.2, 0) is 6.54 Å². The summed E-state index contributed by atoms with van der Waals surface area (Å²) in [5.41, 5.74) is 9.60. The van der Waals surface area contributed by atoms with Crippen molar-refractivity contribution in [3.63, 3.8) is 0 Å². The van der Waals surface area contributed by atoms with Crippen LogP contribution in [0.2, 0.25) is 5.02 Å². The van der Waals surface area contributed by atoms with Crippen molar-refractivity contribution in [1.82, 2.24) is 29.5 Å². The van der Waals surface area contributed by atoms with Gasteiger partial charge in [-0.3, -0.25) is 4.57 Å². The zero-order chi connectivity index (χ0) is 23.2. The molecular weight excluding hydrogens is 457 g/mol. The molecular formula is C23H21ClFN9. The summed E-state index contributed by atoms with van der Waals surface area (Å²) in [5.74, 6) is 1.52. The second-order valence-electron chi connectivity index (χ2n) is 8.33. The number of imidazole rings is 2. The number of H-pyrrole nitrogens is 1. The van der Waals surface area contributed by atoms with Gasteiger partial charge in [0, 0.05) is 24.2 Å². The average molecular weight is 478 g/mol. The van der Waals surface area contributed by atoms with Gasteiger partial charge < -0.3 is 20.9 Å². The van der Waals surface area contributed by atoms with Gasteiger partial charge in [0.25, 0.3) is 0 Å². The minimum atomic E-state index is -0.331. The number of aromatic amines is 1. The highest BCUT2D eigenvalue weighted by Crippen LogP contribution is 2.27. The summed E-state index contributed by atoms with van der Waals surface area (Å²) < 4.78 is 15.7. The predicted octanol–water partition coefficient (Wildman–Crippen LogP) is 3.63. The van der Waals surface area contributed by atoms with Gasteiger partial charge in [0.15, 0.2) is 17.0 Å². The van der Waals surface area contributed by atoms with Crippen molar-refractivity contribution >= 4 is 45.6 Å². The summed E-state index contributed by atoms with van der Waals surface area (Å²) in [7, 11) is 0. The Balaban J connectivity index is 1.40. The summed E-state index contributed by atoms with van der Waals surface area (Å²) >= 11 is 6.09. The fraction of sp³-hybridized carbons (Fsp3) is 0.217. The third-order valence-electron chi connectivity index (χ3n) is 5.89. The van der Waals surface area contributed by atoms with Crippen LogP contribution in [0.1, 0.15) is 12.2 Å². The van der Waals surface area contributed by atoms with Crippen LogP contribution in [0.15, 0.2) is 48.8 Å². The van der Waals surface area contributed by atoms with Gasteiger partial charge in [-0.25, -0.2) is 14.4 Å². The Labute approximate surface area is 198 Å². The van der Waals surface area contributed by atoms with E-state index in [9.17, 15) is 4.39 Å². The third-order valence-corrected chi connectivity index (χ3v) is 6.13. The van der Waals surface area contributed by atoms with E-state index in [1.807, 2.05) is 24.3 Å². The second kappa shape index (κ2) is 8.23. The minimum absolute atomic E-state index is 0.0752. The molecule has 6 rings (SSSR count). The van der Waals surface area contributed by atoms with E-state index in [0.717, 1.165) is 29.8 Å². The normalized spacial score (nSPS) is 16.1. The average Bonchev–Trinajstić information content (AvgIpc) is 3.54. The van der Waals surface area contributed by atoms with E-state index in [1.54, 1.807) is 17.0 Å². The van der Waals surface area contributed by atoms with Gasteiger partial charge in [-0.15, -0.1) is 0 Å². The van der Waals surface area contributed by atoms with Crippen LogP contribution in [0.5, 0.6) is 0 Å². The molecule has 0 spiro atoms. The highest BCUT2D eigenvalue weighted by Gasteiger charge is 2.24. The topological polar surface area (TPSA) is 114 Å². The number of hydrogen-bond acceptors (Lipinski definition) is 7. The fourth-order valence-electron chi connectivity index (χ4n) is 4.22. The first kappa shape index (κ1) is 20.8. The maximum atomic E-state index is 13.9. The molecule has 1 atom stereocenters. The largest absolute Gasteiger partial charge is 0.361 e. The molecule has 2 aromatic carbocycles. The molecule has 4 N–H and O–H groups in total. The highest BCUT2D eigenvalue weighted by molar-refractivity contribution is 6.31. The van der Waals surface area contributed by atoms with Gasteiger partial charge in [-0.05, 0) is 42.8 Å². The zero-order valence-electron chi connectivity index (χ0n) is 18.0. The molecule has 3 aromatic heterocycles. The number of anilines is 2. The molecule has 0 bridgehead atoms. The van der Waals surface area contributed by atoms with Gasteiger partial charge in [-0.1, -0.05) is 17.7 Å². The number of aromatic nitrogens is 6. The lowest BCUT2D eigenvalue weighted by Crippen LogP contribution is -2.27. The van der Waals surface area contributed by atoms with Crippen molar-refractivity contribution < 1.29 is 4.39 Å². The molecule has 5 aromatic rings. The van der Waals surface area contributed by atoms with Crippen LogP contribution in [-0.4, -0.2) is 48.6 Å². The van der Waals surface area contributed by atoms with Crippen LogP contribution in [0.3, 0.4) is 0 Å². The maximum Gasteiger partial charge on any atom is 0.229 e. The zero-order valence-corrected chi connectivity index (χ0v) is 18.8. The summed E-state index contributed by atoms with van der Waals surface area (Å²) in [6, 6.07) is 11.9. The van der Waals surface area contributed by atoms with E-state index in [2.05, 4.69) is 25.2 Å². The molecule has 0 aliphatic carbocycles. The van der Waals surface area contributed by atoms with E-state index < -0.39 is 0 Å². The molecule has 1 aliphatic heterocycles. The van der Waals surface area contributed by atoms with E-state index in [0.29, 0.717) is 46.7 Å². The minimum Gasteiger partial charge on any atom is -0.361 e. The molecule has 1 fully saturated rings. The molecule has 1 aliphatic rings. The Kier molecular flexibility index (Phi) is 5.04. The number of rotatable bonds is 5. The lowest BCUT2D eigenvalue weighted by molar-refractivity contribution is 0.626. The molecule has 1 saturated heterocycles. The lowest BCUT2D eigenvalue weighted by Gasteiger charge is -2.17. The fourth-order valence-corrected chi connectivity index (χ4v) is 4.40. The monoisotopic (exact) mass is 477 g/mol. The molecule has 34 heavy (non-hydrogen) atoms. The van der Waals surface area contributed by atoms with Crippen molar-refractivity contribution in [1.29, 1.82) is 0 Å². The third kappa shape index (κ3) is 3.80. The number of hydrogen-bond donors (Lipinski definition) is 3. The van der Waals surface area contributed by atoms with Crippen LogP contribution in [0, 0.1) is 5.82 Å². The molecule has 9 nitrogen and oxygen atoms in total. The van der Waals surface area contributed by atoms with Crippen molar-refractivity contribution in [3.8, 4) is 5.69 Å². The molecule has 0 unspecified atom stereocenters. The Hall–Kier alpha value is -3.76. The van der Waals surface area contributed by atoms with Gasteiger partial charge in [0.2, 0.25) is 5.95 Å². The number of nitrogens with one attached hydrogen (secondary N) is 2. The first-order valence-corrected chi connectivity index (χ1v) is 11.3. The Morgan fingerprint density at radius 2 is 2.09 bits per heavy atom. The summed E-state index contributed by atoms with van der Waals surface area (Å²) in [6.07, 6.45) is 2.50. The van der Waals surface area contributed by atoms with Crippen molar-refractivity contribution in [2.45, 2.75) is 19.0 Å². The SMILES string of the molecule is N[C@H]1CCN(c2nc(NCc3nc4ccc(Cl)cc4[nH]3)c3ncn(-c4cccc(F)c4)c3n2)C1. The van der Waals surface area contributed by atoms with Crippen LogP contribution in [0.4, 0.5) is 16.2 Å². The summed E-state index contributed by atoms with van der Waals surface area (Å²) in [5, 5.41) is 3.99.